The van der Waals surface area contributed by atoms with Crippen LogP contribution in [0, 0.1) is 10.1 Å². The molecule has 0 aliphatic rings. The summed E-state index contributed by atoms with van der Waals surface area (Å²) in [6, 6.07) is 8.27. The molecule has 0 atom stereocenters. The number of hydrogen-bond donors (Lipinski definition) is 2. The van der Waals surface area contributed by atoms with Crippen molar-refractivity contribution in [3.63, 3.8) is 0 Å². The van der Waals surface area contributed by atoms with Gasteiger partial charge in [-0.3, -0.25) is 10.1 Å². The highest BCUT2D eigenvalue weighted by Crippen LogP contribution is 2.31. The Morgan fingerprint density at radius 1 is 1.30 bits per heavy atom. The van der Waals surface area contributed by atoms with Crippen LogP contribution < -0.4 is 11.1 Å². The number of nitro groups is 1. The molecule has 1 heterocycles. The number of rotatable bonds is 5. The lowest BCUT2D eigenvalue weighted by Gasteiger charge is -2.10. The van der Waals surface area contributed by atoms with Crippen molar-refractivity contribution in [2.24, 2.45) is 0 Å². The highest BCUT2D eigenvalue weighted by molar-refractivity contribution is 5.94. The van der Waals surface area contributed by atoms with Crippen molar-refractivity contribution in [3.05, 3.63) is 46.0 Å². The molecule has 9 heteroatoms. The molecule has 118 valence electrons. The molecule has 0 bridgehead atoms. The number of anilines is 3. The third-order valence-electron chi connectivity index (χ3n) is 3.31. The first-order chi connectivity index (χ1) is 11.1. The number of nitrogens with zero attached hydrogens (tertiary/aromatic N) is 3. The van der Waals surface area contributed by atoms with Gasteiger partial charge in [0, 0.05) is 30.1 Å². The van der Waals surface area contributed by atoms with E-state index < -0.39 is 4.92 Å². The maximum absolute atomic E-state index is 11.0. The third-order valence-corrected chi connectivity index (χ3v) is 3.31. The van der Waals surface area contributed by atoms with Crippen molar-refractivity contribution in [2.45, 2.75) is 6.61 Å². The largest absolute Gasteiger partial charge is 0.398 e. The molecule has 0 aliphatic carbocycles. The van der Waals surface area contributed by atoms with Crippen LogP contribution in [0.1, 0.15) is 5.56 Å². The lowest BCUT2D eigenvalue weighted by molar-refractivity contribution is -0.383. The number of nitrogen functional groups attached to an aromatic ring is 1. The van der Waals surface area contributed by atoms with Gasteiger partial charge in [-0.1, -0.05) is 0 Å². The van der Waals surface area contributed by atoms with Crippen molar-refractivity contribution in [1.29, 1.82) is 0 Å². The number of methoxy groups -OCH3 is 1. The summed E-state index contributed by atoms with van der Waals surface area (Å²) in [6.45, 7) is 0.378. The summed E-state index contributed by atoms with van der Waals surface area (Å²) in [5.74, 6) is 0. The molecule has 0 radical (unpaired) electrons. The summed E-state index contributed by atoms with van der Waals surface area (Å²) < 4.78 is 9.72. The Hall–Kier alpha value is -3.20. The standard InChI is InChI=1S/C14H13N5O4/c1-22-7-8-6-9(2-3-10(8)15)16-11-4-5-12(19(20)21)14-13(11)17-23-18-14/h2-6,16H,7,15H2,1H3. The van der Waals surface area contributed by atoms with Gasteiger partial charge < -0.3 is 15.8 Å². The van der Waals surface area contributed by atoms with Gasteiger partial charge in [0.15, 0.2) is 5.52 Å². The molecule has 2 aromatic carbocycles. The lowest BCUT2D eigenvalue weighted by atomic mass is 10.1. The van der Waals surface area contributed by atoms with E-state index in [1.807, 2.05) is 6.07 Å². The van der Waals surface area contributed by atoms with Crippen LogP contribution in [0.5, 0.6) is 0 Å². The summed E-state index contributed by atoms with van der Waals surface area (Å²) in [5, 5.41) is 21.4. The van der Waals surface area contributed by atoms with E-state index >= 15 is 0 Å². The van der Waals surface area contributed by atoms with E-state index in [2.05, 4.69) is 20.3 Å². The van der Waals surface area contributed by atoms with E-state index in [0.717, 1.165) is 11.3 Å². The lowest BCUT2D eigenvalue weighted by Crippen LogP contribution is -1.99. The molecule has 0 unspecified atom stereocenters. The SMILES string of the molecule is COCc1cc(Nc2ccc([N+](=O)[O-])c3nonc23)ccc1N. The number of non-ortho nitro benzene ring substituents is 1. The zero-order chi connectivity index (χ0) is 16.4. The highest BCUT2D eigenvalue weighted by atomic mass is 16.6. The first-order valence-corrected chi connectivity index (χ1v) is 6.64. The number of hydrogen-bond acceptors (Lipinski definition) is 8. The summed E-state index contributed by atoms with van der Waals surface area (Å²) in [5.41, 5.74) is 8.81. The van der Waals surface area contributed by atoms with E-state index in [1.54, 1.807) is 25.3 Å². The topological polar surface area (TPSA) is 129 Å². The predicted octanol–water partition coefficient (Wildman–Crippen LogP) is 2.60. The minimum atomic E-state index is -0.532. The Morgan fingerprint density at radius 3 is 2.83 bits per heavy atom. The van der Waals surface area contributed by atoms with Gasteiger partial charge in [0.1, 0.15) is 0 Å². The Labute approximate surface area is 130 Å². The zero-order valence-electron chi connectivity index (χ0n) is 12.1. The quantitative estimate of drug-likeness (QED) is 0.417. The van der Waals surface area contributed by atoms with Crippen LogP contribution in [0.15, 0.2) is 35.0 Å². The van der Waals surface area contributed by atoms with Gasteiger partial charge in [0.05, 0.1) is 17.2 Å². The average molecular weight is 315 g/mol. The maximum Gasteiger partial charge on any atom is 0.300 e. The highest BCUT2D eigenvalue weighted by Gasteiger charge is 2.19. The van der Waals surface area contributed by atoms with Gasteiger partial charge in [-0.2, -0.15) is 0 Å². The maximum atomic E-state index is 11.0. The second-order valence-electron chi connectivity index (χ2n) is 4.82. The molecular weight excluding hydrogens is 302 g/mol. The van der Waals surface area contributed by atoms with Crippen LogP contribution >= 0.6 is 0 Å². The van der Waals surface area contributed by atoms with Crippen molar-refractivity contribution in [3.8, 4) is 0 Å². The molecule has 0 saturated carbocycles. The van der Waals surface area contributed by atoms with Crippen molar-refractivity contribution >= 4 is 33.8 Å². The second-order valence-corrected chi connectivity index (χ2v) is 4.82. The predicted molar refractivity (Wildman–Crippen MR) is 83.3 cm³/mol. The van der Waals surface area contributed by atoms with Crippen molar-refractivity contribution < 1.29 is 14.3 Å². The van der Waals surface area contributed by atoms with E-state index in [-0.39, 0.29) is 16.7 Å². The van der Waals surface area contributed by atoms with Crippen LogP contribution in [-0.4, -0.2) is 22.3 Å². The molecule has 0 aliphatic heterocycles. The summed E-state index contributed by atoms with van der Waals surface area (Å²) >= 11 is 0. The second kappa shape index (κ2) is 5.89. The molecule has 0 saturated heterocycles. The van der Waals surface area contributed by atoms with E-state index in [1.165, 1.54) is 6.07 Å². The van der Waals surface area contributed by atoms with Gasteiger partial charge in [-0.25, -0.2) is 4.63 Å². The van der Waals surface area contributed by atoms with Gasteiger partial charge in [-0.05, 0) is 34.6 Å². The number of nitrogens with two attached hydrogens (primary N) is 1. The van der Waals surface area contributed by atoms with Gasteiger partial charge in [0.2, 0.25) is 5.52 Å². The first-order valence-electron chi connectivity index (χ1n) is 6.64. The monoisotopic (exact) mass is 315 g/mol. The van der Waals surface area contributed by atoms with E-state index in [4.69, 9.17) is 10.5 Å². The number of fused-ring (bicyclic) bond motifs is 1. The average Bonchev–Trinajstić information content (AvgIpc) is 3.00. The molecule has 0 spiro atoms. The van der Waals surface area contributed by atoms with Gasteiger partial charge >= 0.3 is 5.69 Å². The van der Waals surface area contributed by atoms with Crippen molar-refractivity contribution in [2.75, 3.05) is 18.2 Å². The van der Waals surface area contributed by atoms with E-state index in [0.29, 0.717) is 18.0 Å². The van der Waals surface area contributed by atoms with Crippen LogP contribution in [-0.2, 0) is 11.3 Å². The Bertz CT molecular complexity index is 877. The number of nitro benzene ring substituents is 1. The summed E-state index contributed by atoms with van der Waals surface area (Å²) in [4.78, 5) is 10.5. The molecule has 23 heavy (non-hydrogen) atoms. The normalized spacial score (nSPS) is 10.8. The van der Waals surface area contributed by atoms with Gasteiger partial charge in [-0.15, -0.1) is 0 Å². The fourth-order valence-electron chi connectivity index (χ4n) is 2.22. The number of benzene rings is 2. The molecule has 0 amide bonds. The molecule has 9 nitrogen and oxygen atoms in total. The summed E-state index contributed by atoms with van der Waals surface area (Å²) in [6.07, 6.45) is 0. The summed E-state index contributed by atoms with van der Waals surface area (Å²) in [7, 11) is 1.58. The Balaban J connectivity index is 1.99. The van der Waals surface area contributed by atoms with Crippen LogP contribution in [0.25, 0.3) is 11.0 Å². The fraction of sp³-hybridized carbons (Fsp3) is 0.143. The molecule has 3 aromatic rings. The Kier molecular flexibility index (Phi) is 3.77. The zero-order valence-corrected chi connectivity index (χ0v) is 12.1. The fourth-order valence-corrected chi connectivity index (χ4v) is 2.22. The smallest absolute Gasteiger partial charge is 0.300 e. The minimum absolute atomic E-state index is 0.0903. The number of ether oxygens (including phenoxy) is 1. The molecule has 3 rings (SSSR count). The van der Waals surface area contributed by atoms with Gasteiger partial charge in [0.25, 0.3) is 0 Å². The number of nitrogens with one attached hydrogen (secondary N) is 1. The van der Waals surface area contributed by atoms with Crippen LogP contribution in [0.2, 0.25) is 0 Å². The third kappa shape index (κ3) is 2.77. The number of aromatic nitrogens is 2. The Morgan fingerprint density at radius 2 is 2.09 bits per heavy atom. The van der Waals surface area contributed by atoms with Crippen molar-refractivity contribution in [1.82, 2.24) is 10.3 Å². The van der Waals surface area contributed by atoms with Crippen LogP contribution in [0.3, 0.4) is 0 Å². The molecule has 1 aromatic heterocycles. The molecule has 0 fully saturated rings. The molecular formula is C14H13N5O4. The minimum Gasteiger partial charge on any atom is -0.398 e. The van der Waals surface area contributed by atoms with Crippen LogP contribution in [0.4, 0.5) is 22.7 Å². The molecule has 3 N–H and O–H groups in total. The first kappa shape index (κ1) is 14.7. The van der Waals surface area contributed by atoms with E-state index in [9.17, 15) is 10.1 Å².